The largest absolute Gasteiger partial charge is 0.504 e. The summed E-state index contributed by atoms with van der Waals surface area (Å²) < 4.78 is 12.3. The number of phenols is 2. The lowest BCUT2D eigenvalue weighted by atomic mass is 9.93. The number of halogens is 1. The molecule has 3 heterocycles. The summed E-state index contributed by atoms with van der Waals surface area (Å²) in [5, 5.41) is 20.4. The number of phenolic OH excluding ortho intramolecular Hbond substituents is 2. The number of carbonyl (C=O) groups is 3. The van der Waals surface area contributed by atoms with Crippen molar-refractivity contribution in [2.24, 2.45) is 5.92 Å². The van der Waals surface area contributed by atoms with Crippen LogP contribution < -0.4 is 5.73 Å². The number of anilines is 1. The number of nitrogens with two attached hydrogens (primary N) is 1. The van der Waals surface area contributed by atoms with Gasteiger partial charge in [0.2, 0.25) is 0 Å². The van der Waals surface area contributed by atoms with Crippen LogP contribution in [0.4, 0.5) is 5.82 Å². The smallest absolute Gasteiger partial charge is 0.307 e. The number of nitrogen functional groups attached to an aromatic ring is 1. The third-order valence-corrected chi connectivity index (χ3v) is 8.83. The maximum Gasteiger partial charge on any atom is 0.307 e. The van der Waals surface area contributed by atoms with E-state index in [9.17, 15) is 24.6 Å². The van der Waals surface area contributed by atoms with Crippen molar-refractivity contribution >= 4 is 62.5 Å². The molecule has 1 saturated heterocycles. The van der Waals surface area contributed by atoms with Gasteiger partial charge in [0.25, 0.3) is 5.91 Å². The third-order valence-electron chi connectivity index (χ3n) is 6.86. The molecular weight excluding hydrogens is 620 g/mol. The minimum atomic E-state index is -0.933. The molecule has 0 spiro atoms. The number of rotatable bonds is 10. The molecule has 15 heteroatoms. The molecule has 41 heavy (non-hydrogen) atoms. The van der Waals surface area contributed by atoms with E-state index in [-0.39, 0.29) is 36.1 Å². The van der Waals surface area contributed by atoms with Crippen LogP contribution >= 0.6 is 27.7 Å². The van der Waals surface area contributed by atoms with Crippen LogP contribution in [0.1, 0.15) is 39.0 Å². The highest BCUT2D eigenvalue weighted by Crippen LogP contribution is 2.40. The number of piperidine rings is 1. The maximum absolute atomic E-state index is 12.8. The molecule has 1 atom stereocenters. The van der Waals surface area contributed by atoms with Gasteiger partial charge in [0.05, 0.1) is 20.0 Å². The highest BCUT2D eigenvalue weighted by atomic mass is 79.9. The first-order valence-electron chi connectivity index (χ1n) is 13.0. The number of nitrogens with zero attached hydrogens (tertiary/aromatic N) is 5. The summed E-state index contributed by atoms with van der Waals surface area (Å²) in [7, 11) is 1.24. The van der Waals surface area contributed by atoms with E-state index in [0.29, 0.717) is 51.2 Å². The summed E-state index contributed by atoms with van der Waals surface area (Å²) in [4.78, 5) is 51.5. The fraction of sp³-hybridized carbons (Fsp3) is 0.462. The van der Waals surface area contributed by atoms with Crippen molar-refractivity contribution in [3.05, 3.63) is 22.9 Å². The topological polar surface area (TPSA) is 183 Å². The van der Waals surface area contributed by atoms with Gasteiger partial charge in [-0.05, 0) is 60.2 Å². The molecule has 1 fully saturated rings. The van der Waals surface area contributed by atoms with Crippen LogP contribution in [0.2, 0.25) is 0 Å². The number of benzene rings is 1. The van der Waals surface area contributed by atoms with Crippen molar-refractivity contribution in [2.75, 3.05) is 25.9 Å². The summed E-state index contributed by atoms with van der Waals surface area (Å²) in [5.74, 6) is -1.28. The Morgan fingerprint density at radius 1 is 1.15 bits per heavy atom. The second kappa shape index (κ2) is 13.4. The second-order valence-electron chi connectivity index (χ2n) is 9.62. The van der Waals surface area contributed by atoms with Crippen molar-refractivity contribution in [1.82, 2.24) is 24.4 Å². The van der Waals surface area contributed by atoms with Crippen molar-refractivity contribution in [3.63, 3.8) is 0 Å². The van der Waals surface area contributed by atoms with Gasteiger partial charge in [0.1, 0.15) is 6.33 Å². The summed E-state index contributed by atoms with van der Waals surface area (Å²) in [6.45, 7) is 3.20. The van der Waals surface area contributed by atoms with Gasteiger partial charge in [0.15, 0.2) is 39.7 Å². The zero-order valence-electron chi connectivity index (χ0n) is 22.6. The van der Waals surface area contributed by atoms with Crippen LogP contribution in [0.5, 0.6) is 11.5 Å². The Bertz CT molecular complexity index is 1440. The summed E-state index contributed by atoms with van der Waals surface area (Å²) in [5.41, 5.74) is 7.14. The molecule has 0 unspecified atom stereocenters. The van der Waals surface area contributed by atoms with E-state index in [0.717, 1.165) is 19.3 Å². The Morgan fingerprint density at radius 3 is 2.54 bits per heavy atom. The lowest BCUT2D eigenvalue weighted by molar-refractivity contribution is -0.160. The molecule has 0 aliphatic carbocycles. The van der Waals surface area contributed by atoms with E-state index in [1.807, 2.05) is 4.57 Å². The zero-order valence-corrected chi connectivity index (χ0v) is 25.0. The van der Waals surface area contributed by atoms with Gasteiger partial charge in [-0.3, -0.25) is 14.4 Å². The van der Waals surface area contributed by atoms with Crippen molar-refractivity contribution in [3.8, 4) is 11.5 Å². The van der Waals surface area contributed by atoms with Gasteiger partial charge < -0.3 is 34.9 Å². The first-order chi connectivity index (χ1) is 19.6. The quantitative estimate of drug-likeness (QED) is 0.215. The molecule has 1 aliphatic heterocycles. The number of aryl methyl sites for hydroxylation is 1. The molecule has 1 aliphatic rings. The van der Waals surface area contributed by atoms with Crippen molar-refractivity contribution in [1.29, 1.82) is 0 Å². The maximum atomic E-state index is 12.8. The number of methoxy groups -OCH3 is 1. The van der Waals surface area contributed by atoms with Crippen LogP contribution in [-0.2, 0) is 30.4 Å². The first kappa shape index (κ1) is 30.4. The normalized spacial score (nSPS) is 14.7. The van der Waals surface area contributed by atoms with Gasteiger partial charge in [-0.25, -0.2) is 15.0 Å². The lowest BCUT2D eigenvalue weighted by Crippen LogP contribution is -2.44. The number of likely N-dealkylation sites (tertiary alicyclic amines) is 1. The molecule has 1 amide bonds. The van der Waals surface area contributed by atoms with Crippen LogP contribution in [0.25, 0.3) is 11.2 Å². The highest BCUT2D eigenvalue weighted by Gasteiger charge is 2.28. The number of esters is 2. The van der Waals surface area contributed by atoms with Gasteiger partial charge in [-0.2, -0.15) is 0 Å². The number of carbonyl (C=O) groups excluding carboxylic acids is 3. The minimum absolute atomic E-state index is 0.0959. The van der Waals surface area contributed by atoms with Gasteiger partial charge >= 0.3 is 11.9 Å². The van der Waals surface area contributed by atoms with E-state index in [4.69, 9.17) is 10.5 Å². The van der Waals surface area contributed by atoms with Gasteiger partial charge in [-0.1, -0.05) is 11.8 Å². The van der Waals surface area contributed by atoms with E-state index in [2.05, 4.69) is 35.6 Å². The average Bonchev–Trinajstić information content (AvgIpc) is 3.31. The lowest BCUT2D eigenvalue weighted by Gasteiger charge is -2.33. The molecule has 1 aromatic carbocycles. The molecule has 2 aromatic heterocycles. The molecule has 0 radical (unpaired) electrons. The number of ether oxygens (including phenoxy) is 2. The molecule has 13 nitrogen and oxygen atoms in total. The third kappa shape index (κ3) is 7.38. The van der Waals surface area contributed by atoms with Crippen LogP contribution in [0.3, 0.4) is 0 Å². The van der Waals surface area contributed by atoms with Crippen LogP contribution in [0.15, 0.2) is 33.0 Å². The predicted molar refractivity (Wildman–Crippen MR) is 152 cm³/mol. The molecule has 0 bridgehead atoms. The summed E-state index contributed by atoms with van der Waals surface area (Å²) >= 11 is 4.71. The van der Waals surface area contributed by atoms with Crippen LogP contribution in [-0.4, -0.2) is 78.8 Å². The van der Waals surface area contributed by atoms with Crippen molar-refractivity contribution in [2.45, 2.75) is 61.7 Å². The monoisotopic (exact) mass is 650 g/mol. The number of aromatic nitrogens is 4. The zero-order chi connectivity index (χ0) is 29.7. The van der Waals surface area contributed by atoms with E-state index >= 15 is 0 Å². The molecule has 0 saturated carbocycles. The van der Waals surface area contributed by atoms with E-state index < -0.39 is 18.0 Å². The summed E-state index contributed by atoms with van der Waals surface area (Å²) in [6.07, 6.45) is 2.57. The summed E-state index contributed by atoms with van der Waals surface area (Å²) in [6, 6.07) is 2.87. The Kier molecular flexibility index (Phi) is 9.91. The first-order valence-corrected chi connectivity index (χ1v) is 14.6. The van der Waals surface area contributed by atoms with Crippen molar-refractivity contribution < 1.29 is 34.1 Å². The molecule has 4 N–H and O–H groups in total. The highest BCUT2D eigenvalue weighted by molar-refractivity contribution is 9.10. The van der Waals surface area contributed by atoms with E-state index in [1.165, 1.54) is 44.3 Å². The second-order valence-corrected chi connectivity index (χ2v) is 11.5. The molecule has 4 rings (SSSR count). The number of fused-ring (bicyclic) bond motifs is 1. The average molecular weight is 652 g/mol. The Balaban J connectivity index is 1.37. The SMILES string of the molecule is COC(=O)CCC(=O)O[C@@H](C)C(=O)N1CCC(CCn2c(Sc3cc(O)c(O)cc3Br)nc3c(N)ncnc32)CC1. The number of amides is 1. The Hall–Kier alpha value is -3.59. The Morgan fingerprint density at radius 2 is 1.83 bits per heavy atom. The van der Waals surface area contributed by atoms with Crippen LogP contribution in [0, 0.1) is 5.92 Å². The number of imidazole rings is 1. The Labute approximate surface area is 248 Å². The van der Waals surface area contributed by atoms with Gasteiger partial charge in [0, 0.05) is 29.0 Å². The standard InChI is InChI=1S/C26H31BrN6O7S/c1-14(40-21(37)4-3-20(36)39-2)25(38)32-8-5-15(6-9-32)7-10-33-24-22(23(28)29-13-30-24)31-26(33)41-19-12-18(35)17(34)11-16(19)27/h11-15,34-35H,3-10H2,1-2H3,(H2,28,29,30)/t14-/m0/s1. The molecule has 220 valence electrons. The number of hydrogen-bond donors (Lipinski definition) is 3. The predicted octanol–water partition coefficient (Wildman–Crippen LogP) is 3.25. The number of aromatic hydroxyl groups is 2. The fourth-order valence-corrected chi connectivity index (χ4v) is 6.07. The van der Waals surface area contributed by atoms with E-state index in [1.54, 1.807) is 4.90 Å². The minimum Gasteiger partial charge on any atom is -0.504 e. The molecule has 3 aromatic rings. The molecular formula is C26H31BrN6O7S. The fourth-order valence-electron chi connectivity index (χ4n) is 4.55. The number of hydrogen-bond acceptors (Lipinski definition) is 12. The van der Waals surface area contributed by atoms with Gasteiger partial charge in [-0.15, -0.1) is 0 Å².